The Kier molecular flexibility index (Phi) is 7.92. The lowest BCUT2D eigenvalue weighted by Crippen LogP contribution is -2.41. The summed E-state index contributed by atoms with van der Waals surface area (Å²) < 4.78 is 0. The van der Waals surface area contributed by atoms with Gasteiger partial charge in [-0.3, -0.25) is 4.79 Å². The third kappa shape index (κ3) is 5.04. The standard InChI is InChI=1S/C25H31ClN2O2/c1-19-24(21-14-8-4-9-15-21)28(25(30)27(19)2)22(16-10-5-11-17-26)18-23(29)20-12-6-3-7-13-20/h3-4,6-9,12-15,19,22,24H,5,10-11,16-18H2,1-2H3/t19-,22-,24-/m0/s1. The van der Waals surface area contributed by atoms with Gasteiger partial charge in [-0.05, 0) is 25.3 Å². The van der Waals surface area contributed by atoms with Crippen LogP contribution in [0, 0.1) is 0 Å². The molecule has 4 nitrogen and oxygen atoms in total. The number of likely N-dealkylation sites (N-methyl/N-ethyl adjacent to an activating group) is 1. The molecule has 0 aromatic heterocycles. The van der Waals surface area contributed by atoms with Crippen molar-refractivity contribution in [2.45, 2.75) is 57.2 Å². The summed E-state index contributed by atoms with van der Waals surface area (Å²) in [7, 11) is 1.85. The van der Waals surface area contributed by atoms with Crippen LogP contribution < -0.4 is 0 Å². The number of benzene rings is 2. The summed E-state index contributed by atoms with van der Waals surface area (Å²) in [5.41, 5.74) is 1.81. The first kappa shape index (κ1) is 22.4. The van der Waals surface area contributed by atoms with Gasteiger partial charge in [0.25, 0.3) is 0 Å². The quantitative estimate of drug-likeness (QED) is 0.268. The van der Waals surface area contributed by atoms with Crippen LogP contribution in [-0.2, 0) is 0 Å². The molecule has 3 rings (SSSR count). The minimum absolute atomic E-state index is 0.000409. The average Bonchev–Trinajstić information content (AvgIpc) is 3.01. The average molecular weight is 427 g/mol. The van der Waals surface area contributed by atoms with Crippen LogP contribution in [0.15, 0.2) is 60.7 Å². The van der Waals surface area contributed by atoms with Gasteiger partial charge in [0.05, 0.1) is 12.1 Å². The number of hydrogen-bond donors (Lipinski definition) is 0. The molecule has 5 heteroatoms. The van der Waals surface area contributed by atoms with E-state index in [0.717, 1.165) is 31.2 Å². The second-order valence-electron chi connectivity index (χ2n) is 8.08. The molecule has 2 aromatic rings. The highest BCUT2D eigenvalue weighted by Crippen LogP contribution is 2.38. The van der Waals surface area contributed by atoms with E-state index in [1.54, 1.807) is 4.90 Å². The van der Waals surface area contributed by atoms with Gasteiger partial charge < -0.3 is 9.80 Å². The summed E-state index contributed by atoms with van der Waals surface area (Å²) in [5.74, 6) is 0.725. The number of carbonyl (C=O) groups is 2. The Labute approximate surface area is 184 Å². The van der Waals surface area contributed by atoms with E-state index in [2.05, 4.69) is 19.1 Å². The van der Waals surface area contributed by atoms with E-state index in [1.807, 2.05) is 60.5 Å². The van der Waals surface area contributed by atoms with Crippen LogP contribution in [0.4, 0.5) is 4.79 Å². The highest BCUT2D eigenvalue weighted by molar-refractivity contribution is 6.17. The molecule has 0 spiro atoms. The monoisotopic (exact) mass is 426 g/mol. The Bertz CT molecular complexity index is 828. The fourth-order valence-corrected chi connectivity index (χ4v) is 4.53. The molecule has 2 amide bonds. The lowest BCUT2D eigenvalue weighted by Gasteiger charge is -2.33. The van der Waals surface area contributed by atoms with Crippen LogP contribution in [0.1, 0.15) is 61.0 Å². The highest BCUT2D eigenvalue weighted by Gasteiger charge is 2.45. The van der Waals surface area contributed by atoms with Crippen molar-refractivity contribution < 1.29 is 9.59 Å². The van der Waals surface area contributed by atoms with Crippen molar-refractivity contribution in [1.29, 1.82) is 0 Å². The Morgan fingerprint density at radius 2 is 1.63 bits per heavy atom. The zero-order valence-electron chi connectivity index (χ0n) is 17.8. The lowest BCUT2D eigenvalue weighted by molar-refractivity contribution is 0.0916. The van der Waals surface area contributed by atoms with Gasteiger partial charge in [-0.2, -0.15) is 0 Å². The number of unbranched alkanes of at least 4 members (excludes halogenated alkanes) is 2. The third-order valence-corrected chi connectivity index (χ3v) is 6.38. The largest absolute Gasteiger partial charge is 0.323 e. The van der Waals surface area contributed by atoms with Crippen LogP contribution in [0.5, 0.6) is 0 Å². The number of ketones is 1. The molecule has 0 aliphatic carbocycles. The number of nitrogens with zero attached hydrogens (tertiary/aromatic N) is 2. The molecule has 1 heterocycles. The van der Waals surface area contributed by atoms with Crippen molar-refractivity contribution >= 4 is 23.4 Å². The molecule has 0 radical (unpaired) electrons. The number of hydrogen-bond acceptors (Lipinski definition) is 2. The maximum Gasteiger partial charge on any atom is 0.320 e. The summed E-state index contributed by atoms with van der Waals surface area (Å²) in [5, 5.41) is 0. The van der Waals surface area contributed by atoms with Crippen molar-refractivity contribution in [3.8, 4) is 0 Å². The molecular weight excluding hydrogens is 396 g/mol. The van der Waals surface area contributed by atoms with E-state index >= 15 is 0 Å². The van der Waals surface area contributed by atoms with Crippen LogP contribution in [0.25, 0.3) is 0 Å². The molecular formula is C25H31ClN2O2. The number of halogens is 1. The summed E-state index contributed by atoms with van der Waals surface area (Å²) in [4.78, 5) is 30.1. The molecule has 0 bridgehead atoms. The van der Waals surface area contributed by atoms with Gasteiger partial charge >= 0.3 is 6.03 Å². The van der Waals surface area contributed by atoms with Crippen molar-refractivity contribution in [2.75, 3.05) is 12.9 Å². The first-order chi connectivity index (χ1) is 14.5. The van der Waals surface area contributed by atoms with Gasteiger partial charge in [0.15, 0.2) is 5.78 Å². The molecule has 0 N–H and O–H groups in total. The number of alkyl halides is 1. The molecule has 30 heavy (non-hydrogen) atoms. The maximum atomic E-state index is 13.3. The molecule has 1 aliphatic rings. The van der Waals surface area contributed by atoms with Crippen molar-refractivity contribution in [2.24, 2.45) is 0 Å². The second-order valence-corrected chi connectivity index (χ2v) is 8.46. The molecule has 0 saturated carbocycles. The van der Waals surface area contributed by atoms with E-state index in [1.165, 1.54) is 0 Å². The van der Waals surface area contributed by atoms with E-state index < -0.39 is 0 Å². The Morgan fingerprint density at radius 3 is 2.27 bits per heavy atom. The number of amides is 2. The molecule has 0 unspecified atom stereocenters. The molecule has 1 aliphatic heterocycles. The minimum Gasteiger partial charge on any atom is -0.323 e. The van der Waals surface area contributed by atoms with Crippen LogP contribution in [-0.4, -0.2) is 46.6 Å². The van der Waals surface area contributed by atoms with Gasteiger partial charge in [0.1, 0.15) is 0 Å². The predicted molar refractivity (Wildman–Crippen MR) is 122 cm³/mol. The molecule has 1 saturated heterocycles. The number of rotatable bonds is 10. The fraction of sp³-hybridized carbons (Fsp3) is 0.440. The molecule has 160 valence electrons. The van der Waals surface area contributed by atoms with Crippen molar-refractivity contribution in [3.05, 3.63) is 71.8 Å². The van der Waals surface area contributed by atoms with Crippen LogP contribution in [0.2, 0.25) is 0 Å². The zero-order valence-corrected chi connectivity index (χ0v) is 18.6. The van der Waals surface area contributed by atoms with Gasteiger partial charge in [-0.15, -0.1) is 11.6 Å². The fourth-order valence-electron chi connectivity index (χ4n) is 4.34. The number of Topliss-reactive ketones (excluding diaryl/α,β-unsaturated/α-hetero) is 1. The topological polar surface area (TPSA) is 40.6 Å². The summed E-state index contributed by atoms with van der Waals surface area (Å²) in [6.07, 6.45) is 4.03. The smallest absolute Gasteiger partial charge is 0.320 e. The summed E-state index contributed by atoms with van der Waals surface area (Å²) >= 11 is 5.85. The zero-order chi connectivity index (χ0) is 21.5. The van der Waals surface area contributed by atoms with E-state index in [0.29, 0.717) is 17.9 Å². The van der Waals surface area contributed by atoms with Crippen molar-refractivity contribution in [1.82, 2.24) is 9.80 Å². The minimum atomic E-state index is -0.141. The summed E-state index contributed by atoms with van der Waals surface area (Å²) in [6.45, 7) is 2.08. The van der Waals surface area contributed by atoms with Gasteiger partial charge in [0.2, 0.25) is 0 Å². The van der Waals surface area contributed by atoms with E-state index in [-0.39, 0.29) is 29.9 Å². The highest BCUT2D eigenvalue weighted by atomic mass is 35.5. The number of carbonyl (C=O) groups excluding carboxylic acids is 2. The maximum absolute atomic E-state index is 13.3. The van der Waals surface area contributed by atoms with E-state index in [9.17, 15) is 9.59 Å². The van der Waals surface area contributed by atoms with E-state index in [4.69, 9.17) is 11.6 Å². The molecule has 1 fully saturated rings. The second kappa shape index (κ2) is 10.6. The Hall–Kier alpha value is -2.33. The first-order valence-electron chi connectivity index (χ1n) is 10.8. The predicted octanol–water partition coefficient (Wildman–Crippen LogP) is 5.92. The molecule has 3 atom stereocenters. The normalized spacial score (nSPS) is 19.9. The van der Waals surface area contributed by atoms with Crippen LogP contribution >= 0.6 is 11.6 Å². The van der Waals surface area contributed by atoms with Crippen molar-refractivity contribution in [3.63, 3.8) is 0 Å². The first-order valence-corrected chi connectivity index (χ1v) is 11.3. The van der Waals surface area contributed by atoms with Gasteiger partial charge in [0, 0.05) is 31.0 Å². The molecule has 2 aromatic carbocycles. The SMILES string of the molecule is C[C@H]1[C@@H](c2ccccc2)N([C@@H](CCCCCCl)CC(=O)c2ccccc2)C(=O)N1C. The third-order valence-electron chi connectivity index (χ3n) is 6.11. The van der Waals surface area contributed by atoms with Crippen LogP contribution in [0.3, 0.4) is 0 Å². The van der Waals surface area contributed by atoms with Gasteiger partial charge in [-0.25, -0.2) is 4.79 Å². The Morgan fingerprint density at radius 1 is 1.00 bits per heavy atom. The Balaban J connectivity index is 1.88. The summed E-state index contributed by atoms with van der Waals surface area (Å²) in [6, 6.07) is 19.4. The number of urea groups is 1. The van der Waals surface area contributed by atoms with Gasteiger partial charge in [-0.1, -0.05) is 73.5 Å². The lowest BCUT2D eigenvalue weighted by atomic mass is 9.94.